The molecule has 2 nitrogen and oxygen atoms in total. The van der Waals surface area contributed by atoms with Crippen LogP contribution in [0.15, 0.2) is 35.4 Å². The highest BCUT2D eigenvalue weighted by Crippen LogP contribution is 2.38. The Morgan fingerprint density at radius 2 is 1.88 bits per heavy atom. The number of benzene rings is 1. The molecule has 0 spiro atoms. The molecule has 0 bridgehead atoms. The number of nitrogens with zero attached hydrogens (tertiary/aromatic N) is 1. The number of hydrazone groups is 1. The minimum atomic E-state index is 0.719. The van der Waals surface area contributed by atoms with Gasteiger partial charge in [-0.1, -0.05) is 37.5 Å². The molecule has 2 aliphatic rings. The largest absolute Gasteiger partial charge is 0.278 e. The summed E-state index contributed by atoms with van der Waals surface area (Å²) in [6.45, 7) is 0. The Balaban J connectivity index is 1.98. The van der Waals surface area contributed by atoms with E-state index in [0.29, 0.717) is 0 Å². The lowest BCUT2D eigenvalue weighted by Crippen LogP contribution is -2.09. The first-order chi connectivity index (χ1) is 8.45. The van der Waals surface area contributed by atoms with Gasteiger partial charge < -0.3 is 0 Å². The number of rotatable bonds is 1. The van der Waals surface area contributed by atoms with Crippen LogP contribution >= 0.6 is 0 Å². The molecule has 1 heterocycles. The van der Waals surface area contributed by atoms with E-state index in [0.717, 1.165) is 11.6 Å². The number of hydrogen-bond donors (Lipinski definition) is 1. The third-order valence-corrected chi connectivity index (χ3v) is 3.80. The second-order valence-corrected chi connectivity index (χ2v) is 4.89. The Morgan fingerprint density at radius 1 is 1.06 bits per heavy atom. The molecule has 1 aromatic rings. The lowest BCUT2D eigenvalue weighted by molar-refractivity contribution is 0.429. The predicted molar refractivity (Wildman–Crippen MR) is 73.1 cm³/mol. The monoisotopic (exact) mass is 226 g/mol. The number of nitrogens with one attached hydrogen (secondary N) is 1. The van der Waals surface area contributed by atoms with E-state index < -0.39 is 0 Å². The first-order valence-corrected chi connectivity index (χ1v) is 6.54. The lowest BCUT2D eigenvalue weighted by atomic mass is 9.80. The molecule has 0 saturated heterocycles. The molecule has 0 unspecified atom stereocenters. The SMILES string of the molecule is C1=NNc2ccccc2C(C2CCCCC2)=C1. The van der Waals surface area contributed by atoms with Gasteiger partial charge in [-0.15, -0.1) is 0 Å². The van der Waals surface area contributed by atoms with Gasteiger partial charge in [-0.3, -0.25) is 5.43 Å². The summed E-state index contributed by atoms with van der Waals surface area (Å²) in [5.74, 6) is 0.719. The molecule has 0 radical (unpaired) electrons. The highest BCUT2D eigenvalue weighted by atomic mass is 15.3. The first kappa shape index (κ1) is 10.6. The van der Waals surface area contributed by atoms with Gasteiger partial charge in [-0.2, -0.15) is 5.10 Å². The second-order valence-electron chi connectivity index (χ2n) is 4.89. The molecule has 0 atom stereocenters. The van der Waals surface area contributed by atoms with E-state index >= 15 is 0 Å². The van der Waals surface area contributed by atoms with Crippen LogP contribution in [-0.2, 0) is 0 Å². The summed E-state index contributed by atoms with van der Waals surface area (Å²) in [5.41, 5.74) is 7.05. The third kappa shape index (κ3) is 2.12. The van der Waals surface area contributed by atoms with Gasteiger partial charge in [0.05, 0.1) is 5.69 Å². The van der Waals surface area contributed by atoms with Crippen LogP contribution in [0.3, 0.4) is 0 Å². The quantitative estimate of drug-likeness (QED) is 0.767. The number of para-hydroxylation sites is 1. The molecule has 1 saturated carbocycles. The Kier molecular flexibility index (Phi) is 2.95. The van der Waals surface area contributed by atoms with Crippen LogP contribution in [0, 0.1) is 5.92 Å². The van der Waals surface area contributed by atoms with Gasteiger partial charge in [0.25, 0.3) is 0 Å². The molecule has 1 aliphatic heterocycles. The molecule has 1 aromatic carbocycles. The summed E-state index contributed by atoms with van der Waals surface area (Å²) in [5, 5.41) is 4.21. The van der Waals surface area contributed by atoms with Crippen molar-refractivity contribution >= 4 is 17.5 Å². The smallest absolute Gasteiger partial charge is 0.0637 e. The second kappa shape index (κ2) is 4.74. The molecular formula is C15H18N2. The molecule has 1 N–H and O–H groups in total. The van der Waals surface area contributed by atoms with E-state index in [4.69, 9.17) is 0 Å². The van der Waals surface area contributed by atoms with Crippen molar-refractivity contribution in [1.29, 1.82) is 0 Å². The fourth-order valence-corrected chi connectivity index (χ4v) is 2.92. The molecule has 0 aromatic heterocycles. The number of anilines is 1. The van der Waals surface area contributed by atoms with E-state index in [1.165, 1.54) is 43.2 Å². The average molecular weight is 226 g/mol. The van der Waals surface area contributed by atoms with Crippen LogP contribution in [0.1, 0.15) is 37.7 Å². The normalized spacial score (nSPS) is 20.1. The van der Waals surface area contributed by atoms with Gasteiger partial charge in [0.15, 0.2) is 0 Å². The van der Waals surface area contributed by atoms with Gasteiger partial charge in [0.2, 0.25) is 0 Å². The van der Waals surface area contributed by atoms with Gasteiger partial charge in [-0.25, -0.2) is 0 Å². The van der Waals surface area contributed by atoms with Crippen molar-refractivity contribution < 1.29 is 0 Å². The van der Waals surface area contributed by atoms with Gasteiger partial charge >= 0.3 is 0 Å². The van der Waals surface area contributed by atoms with Gasteiger partial charge in [-0.05, 0) is 36.5 Å². The summed E-state index contributed by atoms with van der Waals surface area (Å²) >= 11 is 0. The van der Waals surface area contributed by atoms with Crippen molar-refractivity contribution in [1.82, 2.24) is 0 Å². The topological polar surface area (TPSA) is 24.4 Å². The maximum atomic E-state index is 4.21. The van der Waals surface area contributed by atoms with E-state index in [9.17, 15) is 0 Å². The zero-order chi connectivity index (χ0) is 11.5. The molecule has 2 heteroatoms. The standard InChI is InChI=1S/C15H18N2/c1-2-6-12(7-3-1)13-10-11-16-17-15-9-5-4-8-14(13)15/h4-5,8-12,17H,1-3,6-7H2. The van der Waals surface area contributed by atoms with E-state index in [1.807, 2.05) is 6.21 Å². The van der Waals surface area contributed by atoms with Crippen molar-refractivity contribution in [2.75, 3.05) is 5.43 Å². The third-order valence-electron chi connectivity index (χ3n) is 3.80. The maximum absolute atomic E-state index is 4.21. The molecular weight excluding hydrogens is 208 g/mol. The fraction of sp³-hybridized carbons (Fsp3) is 0.400. The van der Waals surface area contributed by atoms with Crippen molar-refractivity contribution in [3.05, 3.63) is 35.9 Å². The molecule has 0 amide bonds. The Hall–Kier alpha value is -1.57. The summed E-state index contributed by atoms with van der Waals surface area (Å²) in [6.07, 6.45) is 10.9. The molecule has 1 fully saturated rings. The zero-order valence-corrected chi connectivity index (χ0v) is 10.0. The maximum Gasteiger partial charge on any atom is 0.0637 e. The van der Waals surface area contributed by atoms with Crippen LogP contribution in [0.4, 0.5) is 5.69 Å². The number of hydrogen-bond acceptors (Lipinski definition) is 2. The minimum Gasteiger partial charge on any atom is -0.278 e. The summed E-state index contributed by atoms with van der Waals surface area (Å²) < 4.78 is 0. The van der Waals surface area contributed by atoms with Crippen LogP contribution in [0.2, 0.25) is 0 Å². The van der Waals surface area contributed by atoms with Crippen LogP contribution in [-0.4, -0.2) is 6.21 Å². The van der Waals surface area contributed by atoms with E-state index in [-0.39, 0.29) is 0 Å². The number of fused-ring (bicyclic) bond motifs is 1. The minimum absolute atomic E-state index is 0.719. The Morgan fingerprint density at radius 3 is 2.76 bits per heavy atom. The number of allylic oxidation sites excluding steroid dienone is 2. The van der Waals surface area contributed by atoms with Crippen molar-refractivity contribution in [3.63, 3.8) is 0 Å². The van der Waals surface area contributed by atoms with Gasteiger partial charge in [0.1, 0.15) is 0 Å². The van der Waals surface area contributed by atoms with E-state index in [1.54, 1.807) is 0 Å². The zero-order valence-electron chi connectivity index (χ0n) is 10.0. The van der Waals surface area contributed by atoms with Gasteiger partial charge in [0, 0.05) is 11.8 Å². The summed E-state index contributed by atoms with van der Waals surface area (Å²) in [4.78, 5) is 0. The van der Waals surface area contributed by atoms with Crippen molar-refractivity contribution in [2.45, 2.75) is 32.1 Å². The van der Waals surface area contributed by atoms with Crippen LogP contribution < -0.4 is 5.43 Å². The van der Waals surface area contributed by atoms with Crippen LogP contribution in [0.25, 0.3) is 5.57 Å². The molecule has 1 aliphatic carbocycles. The fourth-order valence-electron chi connectivity index (χ4n) is 2.92. The highest BCUT2D eigenvalue weighted by Gasteiger charge is 2.21. The summed E-state index contributed by atoms with van der Waals surface area (Å²) in [6, 6.07) is 8.49. The molecule has 3 rings (SSSR count). The lowest BCUT2D eigenvalue weighted by Gasteiger charge is -2.25. The van der Waals surface area contributed by atoms with Crippen LogP contribution in [0.5, 0.6) is 0 Å². The Labute approximate surface area is 102 Å². The average Bonchev–Trinajstić information content (AvgIpc) is 2.62. The predicted octanol–water partition coefficient (Wildman–Crippen LogP) is 4.06. The molecule has 17 heavy (non-hydrogen) atoms. The highest BCUT2D eigenvalue weighted by molar-refractivity contribution is 5.91. The first-order valence-electron chi connectivity index (χ1n) is 6.54. The Bertz CT molecular complexity index is 454. The van der Waals surface area contributed by atoms with E-state index in [2.05, 4.69) is 40.9 Å². The summed E-state index contributed by atoms with van der Waals surface area (Å²) in [7, 11) is 0. The molecule has 88 valence electrons. The van der Waals surface area contributed by atoms with Crippen molar-refractivity contribution in [2.24, 2.45) is 11.0 Å². The van der Waals surface area contributed by atoms with Crippen molar-refractivity contribution in [3.8, 4) is 0 Å².